The van der Waals surface area contributed by atoms with Gasteiger partial charge < -0.3 is 18.5 Å². The van der Waals surface area contributed by atoms with Crippen molar-refractivity contribution in [1.29, 1.82) is 5.26 Å². The standard InChI is InChI=1S/C87H101BCl4N8O2/c1-7-11-15-19-23-29-37-62(38-30-24-20-16-12-8-2)60-101-68-49-45-64(46-50-68)84-81-82(86(99(84)6)70(57-93)79-58-95-75-53-71(89)73(91)55-77(75)97-79)85(65-47-51-69(52-48-65)102-61-63(39-31-25-21-17-13-9-3)40-32-26-22-18-14-10-4)100(88(66-41-33-27-34-42-66)67-43-35-28-36-44-67)87(81)83(94-5)80-59-96-76-54-72(90)74(92)56-78(76)98-80/h27-28,33-36,41-56,58-59,62-63H,7-26,29-32,37-40,60-61H2,1-4,6H3/b86-70-,87-83+. The number of hydrogen-bond acceptors (Lipinski definition) is 7. The quantitative estimate of drug-likeness (QED) is 0.0213. The molecule has 0 bridgehead atoms. The van der Waals surface area contributed by atoms with Gasteiger partial charge in [0.2, 0.25) is 5.70 Å². The van der Waals surface area contributed by atoms with Gasteiger partial charge in [0.1, 0.15) is 28.8 Å². The molecule has 532 valence electrons. The lowest BCUT2D eigenvalue weighted by Gasteiger charge is -2.23. The Bertz CT molecular complexity index is 4480. The summed E-state index contributed by atoms with van der Waals surface area (Å²) in [4.78, 5) is 24.9. The summed E-state index contributed by atoms with van der Waals surface area (Å²) in [6.45, 7) is 19.4. The van der Waals surface area contributed by atoms with Gasteiger partial charge in [0, 0.05) is 35.1 Å². The van der Waals surface area contributed by atoms with Crippen LogP contribution in [0.2, 0.25) is 20.1 Å². The fraction of sp³-hybridized carbons (Fsp3) is 0.425. The van der Waals surface area contributed by atoms with E-state index in [2.05, 4.69) is 145 Å². The smallest absolute Gasteiger partial charge is 0.327 e. The van der Waals surface area contributed by atoms with Crippen molar-refractivity contribution in [3.8, 4) is 40.1 Å². The van der Waals surface area contributed by atoms with Crippen molar-refractivity contribution in [1.82, 2.24) is 29.0 Å². The molecule has 102 heavy (non-hydrogen) atoms. The number of hydrogen-bond donors (Lipinski definition) is 0. The normalized spacial score (nSPS) is 12.2. The van der Waals surface area contributed by atoms with Crippen LogP contribution in [0, 0.1) is 29.7 Å². The van der Waals surface area contributed by atoms with E-state index in [0.29, 0.717) is 100 Å². The lowest BCUT2D eigenvalue weighted by Crippen LogP contribution is -2.53. The van der Waals surface area contributed by atoms with Crippen LogP contribution in [0.25, 0.3) is 71.5 Å². The second kappa shape index (κ2) is 39.9. The van der Waals surface area contributed by atoms with Crippen LogP contribution in [0.4, 0.5) is 0 Å². The second-order valence-corrected chi connectivity index (χ2v) is 29.5. The molecular formula is C87H101BCl4N8O2. The van der Waals surface area contributed by atoms with Crippen LogP contribution >= 0.6 is 46.4 Å². The van der Waals surface area contributed by atoms with Gasteiger partial charge in [-0.15, -0.1) is 0 Å². The summed E-state index contributed by atoms with van der Waals surface area (Å²) in [6.07, 6.45) is 38.1. The number of aromatic nitrogens is 6. The van der Waals surface area contributed by atoms with Gasteiger partial charge >= 0.3 is 6.85 Å². The Morgan fingerprint density at radius 2 is 0.833 bits per heavy atom. The Kier molecular flexibility index (Phi) is 30.1. The highest BCUT2D eigenvalue weighted by Crippen LogP contribution is 2.38. The van der Waals surface area contributed by atoms with E-state index < -0.39 is 6.85 Å². The van der Waals surface area contributed by atoms with Gasteiger partial charge in [-0.3, -0.25) is 15.0 Å². The summed E-state index contributed by atoms with van der Waals surface area (Å²) < 4.78 is 18.2. The predicted molar refractivity (Wildman–Crippen MR) is 431 cm³/mol. The molecule has 0 unspecified atom stereocenters. The van der Waals surface area contributed by atoms with Gasteiger partial charge in [-0.2, -0.15) is 5.26 Å². The van der Waals surface area contributed by atoms with Gasteiger partial charge in [0.15, 0.2) is 0 Å². The number of rotatable bonds is 41. The summed E-state index contributed by atoms with van der Waals surface area (Å²) in [7, 11) is 2.00. The van der Waals surface area contributed by atoms with Crippen molar-refractivity contribution in [2.45, 2.75) is 207 Å². The first-order valence-corrected chi connectivity index (χ1v) is 39.6. The lowest BCUT2D eigenvalue weighted by molar-refractivity contribution is 0.224. The first-order chi connectivity index (χ1) is 50.0. The SMILES string of the molecule is [C-]#[N+]/C(c1cnc2cc(Cl)c(Cl)cc2n1)=c1\c2c(-c3ccc(OCC(CCCCCCCC)CCCCCCCC)cc3)n(C)/c(=C(/C#N)c3cnc4cc(Cl)c(Cl)cc4n3)c2c(-c2ccc(OCC(CCCCCCCC)CCCCCCCC)cc2)n1B(c1ccccc1)c1ccccc1. The predicted octanol–water partition coefficient (Wildman–Crippen LogP) is 23.3. The third-order valence-electron chi connectivity index (χ3n) is 20.3. The highest BCUT2D eigenvalue weighted by atomic mass is 35.5. The number of halogens is 4. The third kappa shape index (κ3) is 20.0. The zero-order chi connectivity index (χ0) is 71.6. The number of benzene rings is 6. The van der Waals surface area contributed by atoms with E-state index in [4.69, 9.17) is 75.8 Å². The molecule has 4 heterocycles. The molecule has 6 aromatic carbocycles. The molecular weight excluding hydrogens is 1340 g/mol. The maximum absolute atomic E-state index is 12.1. The van der Waals surface area contributed by atoms with Gasteiger partial charge in [0.05, 0.1) is 84.9 Å². The van der Waals surface area contributed by atoms with Gasteiger partial charge in [-0.25, -0.2) is 9.83 Å². The van der Waals surface area contributed by atoms with Gasteiger partial charge in [-0.05, 0) is 121 Å². The van der Waals surface area contributed by atoms with Crippen LogP contribution in [-0.2, 0) is 7.05 Å². The van der Waals surface area contributed by atoms with Crippen molar-refractivity contribution in [2.24, 2.45) is 18.9 Å². The van der Waals surface area contributed by atoms with Crippen molar-refractivity contribution >= 4 is 108 Å². The van der Waals surface area contributed by atoms with Crippen LogP contribution < -0.4 is 31.1 Å². The second-order valence-electron chi connectivity index (χ2n) is 27.9. The zero-order valence-electron chi connectivity index (χ0n) is 60.7. The van der Waals surface area contributed by atoms with E-state index in [9.17, 15) is 11.8 Å². The first-order valence-electron chi connectivity index (χ1n) is 38.1. The molecule has 0 atom stereocenters. The van der Waals surface area contributed by atoms with E-state index in [-0.39, 0.29) is 11.3 Å². The van der Waals surface area contributed by atoms with Crippen molar-refractivity contribution in [3.63, 3.8) is 0 Å². The molecule has 0 N–H and O–H groups in total. The molecule has 0 fully saturated rings. The molecule has 0 aliphatic carbocycles. The van der Waals surface area contributed by atoms with Crippen LogP contribution in [0.5, 0.6) is 11.5 Å². The summed E-state index contributed by atoms with van der Waals surface area (Å²) in [5, 5.41) is 15.9. The Morgan fingerprint density at radius 1 is 0.471 bits per heavy atom. The largest absolute Gasteiger partial charge is 0.493 e. The molecule has 0 saturated carbocycles. The van der Waals surface area contributed by atoms with E-state index in [1.165, 1.54) is 154 Å². The van der Waals surface area contributed by atoms with Crippen molar-refractivity contribution in [3.05, 3.63) is 199 Å². The van der Waals surface area contributed by atoms with Gasteiger partial charge in [0.25, 0.3) is 0 Å². The maximum atomic E-state index is 12.1. The minimum absolute atomic E-state index is 0.223. The molecule has 4 aromatic heterocycles. The summed E-state index contributed by atoms with van der Waals surface area (Å²) >= 11 is 26.7. The summed E-state index contributed by atoms with van der Waals surface area (Å²) in [5.41, 5.74) is 8.17. The van der Waals surface area contributed by atoms with Crippen LogP contribution in [0.15, 0.2) is 146 Å². The Morgan fingerprint density at radius 3 is 1.24 bits per heavy atom. The maximum Gasteiger partial charge on any atom is 0.327 e. The molecule has 10 nitrogen and oxygen atoms in total. The lowest BCUT2D eigenvalue weighted by atomic mass is 9.50. The Hall–Kier alpha value is -7.64. The molecule has 0 aliphatic rings. The number of ether oxygens (including phenoxy) is 2. The monoisotopic (exact) mass is 1440 g/mol. The van der Waals surface area contributed by atoms with E-state index >= 15 is 0 Å². The molecule has 0 aliphatic heterocycles. The first kappa shape index (κ1) is 77.0. The van der Waals surface area contributed by atoms with Crippen molar-refractivity contribution < 1.29 is 9.47 Å². The van der Waals surface area contributed by atoms with Crippen LogP contribution in [0.3, 0.4) is 0 Å². The van der Waals surface area contributed by atoms with Crippen LogP contribution in [0.1, 0.15) is 219 Å². The van der Waals surface area contributed by atoms with E-state index in [0.717, 1.165) is 70.6 Å². The number of fused-ring (bicyclic) bond motifs is 3. The molecule has 0 spiro atoms. The topological polar surface area (TPSA) is 108 Å². The summed E-state index contributed by atoms with van der Waals surface area (Å²) in [5.74, 6) is 2.43. The molecule has 10 rings (SSSR count). The number of unbranched alkanes of at least 4 members (excludes halogenated alkanes) is 20. The fourth-order valence-corrected chi connectivity index (χ4v) is 15.3. The highest BCUT2D eigenvalue weighted by molar-refractivity contribution is 6.84. The Labute approximate surface area is 626 Å². The van der Waals surface area contributed by atoms with E-state index in [1.54, 1.807) is 36.7 Å². The minimum Gasteiger partial charge on any atom is -0.493 e. The molecule has 10 aromatic rings. The fourth-order valence-electron chi connectivity index (χ4n) is 14.7. The summed E-state index contributed by atoms with van der Waals surface area (Å²) in [6, 6.07) is 47.1. The third-order valence-corrected chi connectivity index (χ3v) is 21.7. The highest BCUT2D eigenvalue weighted by Gasteiger charge is 2.34. The molecule has 0 radical (unpaired) electrons. The van der Waals surface area contributed by atoms with E-state index in [1.807, 2.05) is 19.2 Å². The average molecular weight is 1440 g/mol. The number of nitrogens with zero attached hydrogens (tertiary/aromatic N) is 8. The number of nitriles is 1. The van der Waals surface area contributed by atoms with Crippen LogP contribution in [-0.4, -0.2) is 49.0 Å². The molecule has 0 amide bonds. The van der Waals surface area contributed by atoms with Gasteiger partial charge in [-0.1, -0.05) is 300 Å². The molecule has 15 heteroatoms. The average Bonchev–Trinajstić information content (AvgIpc) is 1.53. The minimum atomic E-state index is -0.579. The molecule has 0 saturated heterocycles. The van der Waals surface area contributed by atoms with Crippen molar-refractivity contribution in [2.75, 3.05) is 13.2 Å². The Balaban J connectivity index is 1.23. The zero-order valence-corrected chi connectivity index (χ0v) is 63.7.